The number of aromatic nitrogens is 13. The summed E-state index contributed by atoms with van der Waals surface area (Å²) in [6, 6.07) is 47.8. The van der Waals surface area contributed by atoms with Gasteiger partial charge in [0.05, 0.1) is 69.6 Å². The van der Waals surface area contributed by atoms with Crippen LogP contribution in [0.3, 0.4) is 0 Å². The van der Waals surface area contributed by atoms with Crippen molar-refractivity contribution in [3.05, 3.63) is 211 Å². The number of halogens is 2. The lowest BCUT2D eigenvalue weighted by Crippen LogP contribution is -2.37. The highest BCUT2D eigenvalue weighted by atomic mass is 19.1. The number of nitrogens with one attached hydrogen (secondary N) is 1. The van der Waals surface area contributed by atoms with E-state index in [1.54, 1.807) is 6.33 Å². The molecule has 524 valence electrons. The molecule has 3 atom stereocenters. The molecule has 0 amide bonds. The van der Waals surface area contributed by atoms with Gasteiger partial charge in [0.1, 0.15) is 36.4 Å². The molecule has 0 aliphatic carbocycles. The minimum absolute atomic E-state index is 0.363. The van der Waals surface area contributed by atoms with Gasteiger partial charge in [-0.1, -0.05) is 31.2 Å². The molecule has 0 bridgehead atoms. The summed E-state index contributed by atoms with van der Waals surface area (Å²) >= 11 is 0. The predicted molar refractivity (Wildman–Crippen MR) is 399 cm³/mol. The van der Waals surface area contributed by atoms with Gasteiger partial charge in [-0.05, 0) is 209 Å². The van der Waals surface area contributed by atoms with Crippen molar-refractivity contribution in [2.45, 2.75) is 64.7 Å². The number of nitriles is 2. The van der Waals surface area contributed by atoms with Crippen LogP contribution in [0.5, 0.6) is 0 Å². The number of pyridine rings is 1. The molecule has 14 heterocycles. The van der Waals surface area contributed by atoms with Crippen molar-refractivity contribution < 1.29 is 8.78 Å². The van der Waals surface area contributed by atoms with Crippen LogP contribution in [0.25, 0.3) is 85.0 Å². The van der Waals surface area contributed by atoms with Gasteiger partial charge in [0.15, 0.2) is 17.5 Å². The maximum absolute atomic E-state index is 14.4. The molecule has 104 heavy (non-hydrogen) atoms. The van der Waals surface area contributed by atoms with Crippen molar-refractivity contribution in [2.75, 3.05) is 101 Å². The summed E-state index contributed by atoms with van der Waals surface area (Å²) < 4.78 is 40.4. The van der Waals surface area contributed by atoms with Crippen LogP contribution < -0.4 is 20.0 Å². The quantitative estimate of drug-likeness (QED) is 0.128. The third-order valence-corrected chi connectivity index (χ3v) is 22.0. The molecule has 23 heteroatoms. The van der Waals surface area contributed by atoms with Crippen molar-refractivity contribution >= 4 is 17.2 Å². The van der Waals surface area contributed by atoms with Gasteiger partial charge in [-0.2, -0.15) is 15.6 Å². The van der Waals surface area contributed by atoms with E-state index in [1.807, 2.05) is 83.4 Å². The third kappa shape index (κ3) is 12.9. The Kier molecular flexibility index (Phi) is 17.6. The first-order valence-electron chi connectivity index (χ1n) is 36.2. The molecule has 0 saturated carbocycles. The van der Waals surface area contributed by atoms with Gasteiger partial charge in [0, 0.05) is 130 Å². The normalized spacial score (nSPS) is 17.8. The summed E-state index contributed by atoms with van der Waals surface area (Å²) in [7, 11) is 6.29. The van der Waals surface area contributed by atoms with Gasteiger partial charge in [-0.3, -0.25) is 9.13 Å². The molecule has 7 aliphatic rings. The molecule has 0 spiro atoms. The van der Waals surface area contributed by atoms with E-state index in [0.717, 1.165) is 162 Å². The summed E-state index contributed by atoms with van der Waals surface area (Å²) in [6.07, 6.45) is 17.6. The monoisotopic (exact) mass is 1390 g/mol. The fourth-order valence-corrected chi connectivity index (χ4v) is 16.4. The summed E-state index contributed by atoms with van der Waals surface area (Å²) in [5.74, 6) is 4.54. The molecule has 21 nitrogen and oxygen atoms in total. The second-order valence-electron chi connectivity index (χ2n) is 29.2. The average Bonchev–Trinajstić information content (AvgIpc) is 1.37. The van der Waals surface area contributed by atoms with Crippen molar-refractivity contribution in [1.82, 2.24) is 78.1 Å². The Morgan fingerprint density at radius 2 is 1.12 bits per heavy atom. The second-order valence-corrected chi connectivity index (χ2v) is 29.2. The van der Waals surface area contributed by atoms with Crippen molar-refractivity contribution in [2.24, 2.45) is 17.8 Å². The van der Waals surface area contributed by atoms with Crippen LogP contribution >= 0.6 is 0 Å². The maximum atomic E-state index is 14.4. The van der Waals surface area contributed by atoms with Crippen LogP contribution in [0.15, 0.2) is 171 Å². The smallest absolute Gasteiger partial charge is 0.185 e. The van der Waals surface area contributed by atoms with E-state index < -0.39 is 11.6 Å². The molecular weight excluding hydrogens is 1310 g/mol. The second kappa shape index (κ2) is 27.8. The van der Waals surface area contributed by atoms with Gasteiger partial charge in [-0.25, -0.2) is 23.4 Å². The molecular formula is C81H81F2N21. The van der Waals surface area contributed by atoms with Gasteiger partial charge in [0.2, 0.25) is 0 Å². The number of anilines is 3. The summed E-state index contributed by atoms with van der Waals surface area (Å²) in [6.45, 7) is 15.7. The van der Waals surface area contributed by atoms with E-state index in [4.69, 9.17) is 15.5 Å². The largest absolute Gasteiger partial charge is 0.371 e. The molecule has 12 aromatic rings. The van der Waals surface area contributed by atoms with E-state index >= 15 is 0 Å². The van der Waals surface area contributed by atoms with E-state index in [-0.39, 0.29) is 0 Å². The van der Waals surface area contributed by atoms with E-state index in [9.17, 15) is 8.78 Å². The van der Waals surface area contributed by atoms with Crippen molar-refractivity contribution in [3.8, 4) is 97.1 Å². The fourth-order valence-electron chi connectivity index (χ4n) is 16.4. The lowest BCUT2D eigenvalue weighted by Gasteiger charge is -2.32. The first kappa shape index (κ1) is 65.9. The Morgan fingerprint density at radius 1 is 0.548 bits per heavy atom. The fraction of sp³-hybridized carbons (Fsp3) is 0.321. The predicted octanol–water partition coefficient (Wildman–Crippen LogP) is 12.5. The number of likely N-dealkylation sites (tertiary alicyclic amines) is 1. The zero-order valence-electron chi connectivity index (χ0n) is 58.9. The Labute approximate surface area is 603 Å². The lowest BCUT2D eigenvalue weighted by atomic mass is 9.98. The molecule has 5 aromatic carbocycles. The average molecular weight is 1390 g/mol. The molecule has 7 aliphatic heterocycles. The molecule has 0 unspecified atom stereocenters. The number of fused-ring (bicyclic) bond motifs is 15. The van der Waals surface area contributed by atoms with Gasteiger partial charge in [-0.15, -0.1) is 20.4 Å². The standard InChI is InChI=1S/C31H33N7.C26H26N8.C24H22F2N6/c1-22-8-11-35(12-9-22)17-24-10-13-36(18-24)28-6-7-29-27(14-28)20-37-19-26(25-4-2-23(16-32)3-5-25)15-30(37)31-34-33-21-38(29)31;1-31(2)13-19-9-10-32(14-19)25-8-7-23-22(29-25)16-33-15-21(20-5-3-18(12-27)4-6-20)11-24(33)26-30-28-17-34(23)26;1-27-18-6-7-30(13-18)19-3-5-22-16(8-19)12-31-11-15(20-4-2-17(25)10-21(20)26)9-23(31)24-28-14-29-32(22)24/h2-7,14-15,19,21-22,24H,8-13,17-18,20H2,1H3;3-8,11,15,17,19H,9-10,13-14,16H2,1-2H3;2-5,8-11,14,18,27H,6-7,12-13H2,1H3/t24-;19-;18-/m010/s1. The van der Waals surface area contributed by atoms with Crippen LogP contribution in [0.4, 0.5) is 26.0 Å². The first-order valence-corrected chi connectivity index (χ1v) is 36.2. The first-order chi connectivity index (χ1) is 50.8. The zero-order valence-corrected chi connectivity index (χ0v) is 58.9. The topological polar surface area (TPSA) is 196 Å². The van der Waals surface area contributed by atoms with Crippen LogP contribution in [0.2, 0.25) is 0 Å². The summed E-state index contributed by atoms with van der Waals surface area (Å²) in [4.78, 5) is 22.0. The number of nitrogens with zero attached hydrogens (tertiary/aromatic N) is 20. The number of hydrogen-bond donors (Lipinski definition) is 1. The Bertz CT molecular complexity index is 5240. The van der Waals surface area contributed by atoms with Crippen LogP contribution in [-0.4, -0.2) is 165 Å². The van der Waals surface area contributed by atoms with Crippen molar-refractivity contribution in [1.29, 1.82) is 10.5 Å². The highest BCUT2D eigenvalue weighted by Crippen LogP contribution is 2.40. The van der Waals surface area contributed by atoms with Gasteiger partial charge < -0.3 is 43.5 Å². The van der Waals surface area contributed by atoms with Crippen molar-refractivity contribution in [3.63, 3.8) is 0 Å². The highest BCUT2D eigenvalue weighted by Gasteiger charge is 2.32. The van der Waals surface area contributed by atoms with E-state index in [2.05, 4.69) is 185 Å². The molecule has 19 rings (SSSR count). The number of rotatable bonds is 11. The minimum atomic E-state index is -0.587. The molecule has 4 saturated heterocycles. The number of likely N-dealkylation sites (N-methyl/N-ethyl adjacent to an activating group) is 1. The van der Waals surface area contributed by atoms with Gasteiger partial charge in [0.25, 0.3) is 0 Å². The van der Waals surface area contributed by atoms with Crippen LogP contribution in [0.1, 0.15) is 67.0 Å². The minimum Gasteiger partial charge on any atom is -0.371 e. The SMILES string of the molecule is CC1CCN(C[C@@H]2CCN(c3ccc4c(c3)Cn3cc(-c5ccc(C#N)cc5)cc3-c3nncn3-4)C2)CC1.CN(C)C[C@H]1CCN(c2ccc3c(n2)Cn2cc(-c4ccc(C#N)cc4)cc2-c2nncn2-3)C1.CN[C@H]1CCN(c2ccc3c(c2)Cn2cc(-c4ccc(F)cc4F)cc2-c2ncnn2-3)C1. The number of benzene rings is 5. The summed E-state index contributed by atoms with van der Waals surface area (Å²) in [5, 5.41) is 43.5. The molecule has 1 N–H and O–H groups in total. The Morgan fingerprint density at radius 3 is 1.76 bits per heavy atom. The van der Waals surface area contributed by atoms with E-state index in [0.29, 0.717) is 53.1 Å². The lowest BCUT2D eigenvalue weighted by molar-refractivity contribution is 0.171. The molecule has 4 fully saturated rings. The Hall–Kier alpha value is -11.4. The number of hydrogen-bond acceptors (Lipinski definition) is 15. The number of piperidine rings is 1. The van der Waals surface area contributed by atoms with Crippen LogP contribution in [0, 0.1) is 52.1 Å². The zero-order chi connectivity index (χ0) is 70.7. The third-order valence-electron chi connectivity index (χ3n) is 22.0. The van der Waals surface area contributed by atoms with Gasteiger partial charge >= 0.3 is 0 Å². The Balaban J connectivity index is 0.000000116. The maximum Gasteiger partial charge on any atom is 0.185 e. The van der Waals surface area contributed by atoms with Crippen LogP contribution in [-0.2, 0) is 19.6 Å². The van der Waals surface area contributed by atoms with E-state index in [1.165, 1.54) is 80.7 Å². The highest BCUT2D eigenvalue weighted by molar-refractivity contribution is 5.76. The summed E-state index contributed by atoms with van der Waals surface area (Å²) in [5.41, 5.74) is 18.7. The molecule has 7 aromatic heterocycles. The molecule has 0 radical (unpaired) electrons.